The van der Waals surface area contributed by atoms with Crippen molar-refractivity contribution in [3.8, 4) is 0 Å². The molecule has 0 bridgehead atoms. The van der Waals surface area contributed by atoms with Crippen LogP contribution in [0.1, 0.15) is 49.2 Å². The smallest absolute Gasteiger partial charge is 0.253 e. The lowest BCUT2D eigenvalue weighted by atomic mass is 9.96. The van der Waals surface area contributed by atoms with E-state index in [-0.39, 0.29) is 24.3 Å². The Morgan fingerprint density at radius 3 is 2.54 bits per heavy atom. The number of aliphatic hydroxyl groups excluding tert-OH is 1. The van der Waals surface area contributed by atoms with E-state index in [1.165, 1.54) is 0 Å². The maximum Gasteiger partial charge on any atom is 0.253 e. The largest absolute Gasteiger partial charge is 0.396 e. The average molecular weight is 335 g/mol. The number of aryl methyl sites for hydroxylation is 1. The molecule has 2 rings (SSSR count). The Morgan fingerprint density at radius 2 is 2.04 bits per heavy atom. The van der Waals surface area contributed by atoms with Gasteiger partial charge in [0, 0.05) is 31.6 Å². The number of hydrogen-bond acceptors (Lipinski definition) is 3. The number of nitrogens with one attached hydrogen (secondary N) is 2. The third-order valence-electron chi connectivity index (χ3n) is 4.69. The molecule has 1 aromatic heterocycles. The summed E-state index contributed by atoms with van der Waals surface area (Å²) in [7, 11) is 0. The molecule has 3 N–H and O–H groups in total. The Kier molecular flexibility index (Phi) is 6.43. The van der Waals surface area contributed by atoms with Crippen LogP contribution in [0.3, 0.4) is 0 Å². The second kappa shape index (κ2) is 8.33. The minimum atomic E-state index is -0.502. The first kappa shape index (κ1) is 18.5. The average Bonchev–Trinajstić information content (AvgIpc) is 2.99. The molecule has 0 saturated carbocycles. The fourth-order valence-electron chi connectivity index (χ4n) is 3.18. The van der Waals surface area contributed by atoms with E-state index in [4.69, 9.17) is 0 Å². The molecule has 6 heteroatoms. The standard InChI is InChI=1S/C18H29N3O3/c1-12(2)10-16(20-17(23)15-4-7-19-13(15)3)18(24)21-8-5-14(11-22)6-9-21/h4,7,12,14,16,19,22H,5-6,8-11H2,1-3H3,(H,20,23). The van der Waals surface area contributed by atoms with E-state index in [1.807, 2.05) is 25.7 Å². The fourth-order valence-corrected chi connectivity index (χ4v) is 3.18. The highest BCUT2D eigenvalue weighted by Gasteiger charge is 2.30. The number of hydrogen-bond donors (Lipinski definition) is 3. The van der Waals surface area contributed by atoms with E-state index in [0.717, 1.165) is 18.5 Å². The van der Waals surface area contributed by atoms with Crippen molar-refractivity contribution in [2.75, 3.05) is 19.7 Å². The first-order valence-corrected chi connectivity index (χ1v) is 8.76. The SMILES string of the molecule is Cc1[nH]ccc1C(=O)NC(CC(C)C)C(=O)N1CCC(CO)CC1. The van der Waals surface area contributed by atoms with Gasteiger partial charge in [0.15, 0.2) is 0 Å². The van der Waals surface area contributed by atoms with Crippen LogP contribution in [0, 0.1) is 18.8 Å². The molecule has 2 amide bonds. The summed E-state index contributed by atoms with van der Waals surface area (Å²) in [5.74, 6) is 0.371. The van der Waals surface area contributed by atoms with Gasteiger partial charge in [-0.2, -0.15) is 0 Å². The topological polar surface area (TPSA) is 85.4 Å². The Labute approximate surface area is 143 Å². The Morgan fingerprint density at radius 1 is 1.38 bits per heavy atom. The molecule has 1 aliphatic heterocycles. The monoisotopic (exact) mass is 335 g/mol. The molecule has 1 unspecified atom stereocenters. The zero-order valence-corrected chi connectivity index (χ0v) is 14.8. The minimum Gasteiger partial charge on any atom is -0.396 e. The van der Waals surface area contributed by atoms with Gasteiger partial charge in [-0.1, -0.05) is 13.8 Å². The number of aromatic amines is 1. The lowest BCUT2D eigenvalue weighted by Gasteiger charge is -2.34. The lowest BCUT2D eigenvalue weighted by Crippen LogP contribution is -2.51. The number of nitrogens with zero attached hydrogens (tertiary/aromatic N) is 1. The number of rotatable bonds is 6. The fraction of sp³-hybridized carbons (Fsp3) is 0.667. The number of carbonyl (C=O) groups excluding carboxylic acids is 2. The zero-order valence-electron chi connectivity index (χ0n) is 14.8. The number of aliphatic hydroxyl groups is 1. The van der Waals surface area contributed by atoms with Gasteiger partial charge in [0.05, 0.1) is 5.56 Å². The second-order valence-corrected chi connectivity index (χ2v) is 7.12. The maximum atomic E-state index is 12.9. The number of likely N-dealkylation sites (tertiary alicyclic amines) is 1. The predicted octanol–water partition coefficient (Wildman–Crippen LogP) is 1.70. The lowest BCUT2D eigenvalue weighted by molar-refractivity contribution is -0.135. The third-order valence-corrected chi connectivity index (χ3v) is 4.69. The van der Waals surface area contributed by atoms with Crippen LogP contribution in [0.4, 0.5) is 0 Å². The van der Waals surface area contributed by atoms with Crippen LogP contribution in [-0.4, -0.2) is 52.5 Å². The van der Waals surface area contributed by atoms with Gasteiger partial charge in [0.2, 0.25) is 5.91 Å². The molecule has 0 radical (unpaired) electrons. The maximum absolute atomic E-state index is 12.9. The number of H-pyrrole nitrogens is 1. The summed E-state index contributed by atoms with van der Waals surface area (Å²) >= 11 is 0. The predicted molar refractivity (Wildman–Crippen MR) is 92.6 cm³/mol. The molecule has 0 spiro atoms. The molecule has 1 aromatic rings. The van der Waals surface area contributed by atoms with Crippen molar-refractivity contribution < 1.29 is 14.7 Å². The number of aromatic nitrogens is 1. The van der Waals surface area contributed by atoms with Gasteiger partial charge in [0.1, 0.15) is 6.04 Å². The van der Waals surface area contributed by atoms with Crippen LogP contribution in [0.25, 0.3) is 0 Å². The van der Waals surface area contributed by atoms with Crippen LogP contribution in [0.5, 0.6) is 0 Å². The molecule has 1 saturated heterocycles. The van der Waals surface area contributed by atoms with Gasteiger partial charge in [-0.05, 0) is 44.1 Å². The van der Waals surface area contributed by atoms with Gasteiger partial charge in [-0.15, -0.1) is 0 Å². The molecule has 1 atom stereocenters. The molecule has 1 fully saturated rings. The molecule has 2 heterocycles. The first-order chi connectivity index (χ1) is 11.4. The number of amides is 2. The Hall–Kier alpha value is -1.82. The van der Waals surface area contributed by atoms with Crippen molar-refractivity contribution in [3.63, 3.8) is 0 Å². The van der Waals surface area contributed by atoms with E-state index in [1.54, 1.807) is 12.3 Å². The Bertz CT molecular complexity index is 560. The van der Waals surface area contributed by atoms with Crippen LogP contribution in [0.15, 0.2) is 12.3 Å². The van der Waals surface area contributed by atoms with Crippen LogP contribution < -0.4 is 5.32 Å². The molecule has 0 aliphatic carbocycles. The highest BCUT2D eigenvalue weighted by atomic mass is 16.3. The van der Waals surface area contributed by atoms with Crippen molar-refractivity contribution in [1.82, 2.24) is 15.2 Å². The van der Waals surface area contributed by atoms with Crippen molar-refractivity contribution >= 4 is 11.8 Å². The summed E-state index contributed by atoms with van der Waals surface area (Å²) in [6.45, 7) is 7.42. The minimum absolute atomic E-state index is 0.0124. The molecule has 134 valence electrons. The van der Waals surface area contributed by atoms with Crippen molar-refractivity contribution in [2.45, 2.75) is 46.1 Å². The van der Waals surface area contributed by atoms with Gasteiger partial charge in [-0.25, -0.2) is 0 Å². The van der Waals surface area contributed by atoms with E-state index in [0.29, 0.717) is 31.0 Å². The normalized spacial score (nSPS) is 17.1. The summed E-state index contributed by atoms with van der Waals surface area (Å²) in [6.07, 6.45) is 3.99. The van der Waals surface area contributed by atoms with E-state index in [2.05, 4.69) is 10.3 Å². The molecule has 24 heavy (non-hydrogen) atoms. The highest BCUT2D eigenvalue weighted by Crippen LogP contribution is 2.19. The van der Waals surface area contributed by atoms with Crippen LogP contribution >= 0.6 is 0 Å². The summed E-state index contributed by atoms with van der Waals surface area (Å²) in [6, 6.07) is 1.23. The first-order valence-electron chi connectivity index (χ1n) is 8.76. The van der Waals surface area contributed by atoms with Crippen molar-refractivity contribution in [1.29, 1.82) is 0 Å². The van der Waals surface area contributed by atoms with Gasteiger partial charge < -0.3 is 20.3 Å². The summed E-state index contributed by atoms with van der Waals surface area (Å²) in [4.78, 5) is 30.1. The van der Waals surface area contributed by atoms with Gasteiger partial charge >= 0.3 is 0 Å². The molecule has 6 nitrogen and oxygen atoms in total. The number of carbonyl (C=O) groups is 2. The molecular weight excluding hydrogens is 306 g/mol. The Balaban J connectivity index is 2.03. The van der Waals surface area contributed by atoms with E-state index < -0.39 is 6.04 Å². The quantitative estimate of drug-likeness (QED) is 0.740. The molecule has 0 aromatic carbocycles. The van der Waals surface area contributed by atoms with Crippen molar-refractivity contribution in [2.24, 2.45) is 11.8 Å². The second-order valence-electron chi connectivity index (χ2n) is 7.12. The van der Waals surface area contributed by atoms with Gasteiger partial charge in [0.25, 0.3) is 5.91 Å². The zero-order chi connectivity index (χ0) is 17.7. The summed E-state index contributed by atoms with van der Waals surface area (Å²) in [5, 5.41) is 12.1. The summed E-state index contributed by atoms with van der Waals surface area (Å²) in [5.41, 5.74) is 1.38. The third kappa shape index (κ3) is 4.60. The molecule has 1 aliphatic rings. The van der Waals surface area contributed by atoms with Crippen LogP contribution in [-0.2, 0) is 4.79 Å². The number of piperidine rings is 1. The molecular formula is C18H29N3O3. The van der Waals surface area contributed by atoms with E-state index in [9.17, 15) is 14.7 Å². The van der Waals surface area contributed by atoms with Crippen molar-refractivity contribution in [3.05, 3.63) is 23.5 Å². The summed E-state index contributed by atoms with van der Waals surface area (Å²) < 4.78 is 0. The van der Waals surface area contributed by atoms with Crippen LogP contribution in [0.2, 0.25) is 0 Å². The van der Waals surface area contributed by atoms with E-state index >= 15 is 0 Å². The van der Waals surface area contributed by atoms with Gasteiger partial charge in [-0.3, -0.25) is 9.59 Å². The highest BCUT2D eigenvalue weighted by molar-refractivity contribution is 5.98.